The smallest absolute Gasteiger partial charge is 0.237 e. The van der Waals surface area contributed by atoms with Crippen LogP contribution in [0.5, 0.6) is 0 Å². The number of rotatable bonds is 2. The van der Waals surface area contributed by atoms with Crippen LogP contribution >= 0.6 is 0 Å². The van der Waals surface area contributed by atoms with Crippen LogP contribution in [0.3, 0.4) is 0 Å². The van der Waals surface area contributed by atoms with Crippen molar-refractivity contribution in [3.8, 4) is 6.07 Å². The summed E-state index contributed by atoms with van der Waals surface area (Å²) in [6, 6.07) is 2.22. The van der Waals surface area contributed by atoms with Gasteiger partial charge in [0.1, 0.15) is 5.92 Å². The van der Waals surface area contributed by atoms with Gasteiger partial charge in [0.05, 0.1) is 6.07 Å². The summed E-state index contributed by atoms with van der Waals surface area (Å²) in [7, 11) is 0. The molecule has 1 saturated carbocycles. The van der Waals surface area contributed by atoms with Crippen LogP contribution in [0.1, 0.15) is 33.6 Å². The Morgan fingerprint density at radius 2 is 2.15 bits per heavy atom. The summed E-state index contributed by atoms with van der Waals surface area (Å²) in [5.74, 6) is -0.660. The molecule has 1 unspecified atom stereocenters. The van der Waals surface area contributed by atoms with E-state index in [0.717, 1.165) is 12.8 Å². The molecule has 1 rings (SSSR count). The lowest BCUT2D eigenvalue weighted by Crippen LogP contribution is -2.49. The Hall–Kier alpha value is -1.04. The van der Waals surface area contributed by atoms with E-state index in [4.69, 9.17) is 5.26 Å². The first-order valence-corrected chi connectivity index (χ1v) is 4.64. The maximum absolute atomic E-state index is 11.3. The molecule has 0 radical (unpaired) electrons. The van der Waals surface area contributed by atoms with Crippen molar-refractivity contribution in [2.75, 3.05) is 0 Å². The SMILES string of the molecule is CC(C#N)C(=O)NC1CC(C)(C)C1. The van der Waals surface area contributed by atoms with E-state index in [1.54, 1.807) is 6.92 Å². The van der Waals surface area contributed by atoms with Gasteiger partial charge in [-0.25, -0.2) is 0 Å². The van der Waals surface area contributed by atoms with Gasteiger partial charge in [0.15, 0.2) is 0 Å². The van der Waals surface area contributed by atoms with Crippen LogP contribution in [-0.4, -0.2) is 11.9 Å². The zero-order chi connectivity index (χ0) is 10.1. The number of nitriles is 1. The maximum atomic E-state index is 11.3. The summed E-state index contributed by atoms with van der Waals surface area (Å²) in [6.45, 7) is 5.99. The molecule has 1 aliphatic carbocycles. The molecule has 13 heavy (non-hydrogen) atoms. The molecular weight excluding hydrogens is 164 g/mol. The Labute approximate surface area is 79.1 Å². The number of carbonyl (C=O) groups is 1. The van der Waals surface area contributed by atoms with E-state index in [2.05, 4.69) is 19.2 Å². The number of nitrogens with zero attached hydrogens (tertiary/aromatic N) is 1. The first kappa shape index (κ1) is 10.0. The van der Waals surface area contributed by atoms with Gasteiger partial charge in [-0.3, -0.25) is 4.79 Å². The molecule has 1 amide bonds. The van der Waals surface area contributed by atoms with E-state index >= 15 is 0 Å². The van der Waals surface area contributed by atoms with E-state index in [-0.39, 0.29) is 5.91 Å². The second-order valence-electron chi connectivity index (χ2n) is 4.63. The van der Waals surface area contributed by atoms with Crippen LogP contribution in [0.15, 0.2) is 0 Å². The highest BCUT2D eigenvalue weighted by atomic mass is 16.1. The predicted octanol–water partition coefficient (Wildman–Crippen LogP) is 1.45. The lowest BCUT2D eigenvalue weighted by atomic mass is 9.68. The van der Waals surface area contributed by atoms with Crippen LogP contribution < -0.4 is 5.32 Å². The van der Waals surface area contributed by atoms with Gasteiger partial charge in [0.25, 0.3) is 0 Å². The third kappa shape index (κ3) is 2.45. The zero-order valence-electron chi connectivity index (χ0n) is 8.42. The zero-order valence-corrected chi connectivity index (χ0v) is 8.42. The van der Waals surface area contributed by atoms with Gasteiger partial charge < -0.3 is 5.32 Å². The summed E-state index contributed by atoms with van der Waals surface area (Å²) >= 11 is 0. The molecule has 1 aliphatic rings. The maximum Gasteiger partial charge on any atom is 0.237 e. The van der Waals surface area contributed by atoms with Crippen molar-refractivity contribution < 1.29 is 4.79 Å². The molecule has 0 aromatic heterocycles. The van der Waals surface area contributed by atoms with E-state index < -0.39 is 5.92 Å². The molecule has 0 saturated heterocycles. The summed E-state index contributed by atoms with van der Waals surface area (Å²) in [4.78, 5) is 11.3. The van der Waals surface area contributed by atoms with Gasteiger partial charge in [-0.05, 0) is 25.2 Å². The monoisotopic (exact) mass is 180 g/mol. The van der Waals surface area contributed by atoms with Gasteiger partial charge in [0.2, 0.25) is 5.91 Å². The highest BCUT2D eigenvalue weighted by Gasteiger charge is 2.37. The van der Waals surface area contributed by atoms with Crippen molar-refractivity contribution in [2.24, 2.45) is 11.3 Å². The van der Waals surface area contributed by atoms with Crippen molar-refractivity contribution in [2.45, 2.75) is 39.7 Å². The van der Waals surface area contributed by atoms with Gasteiger partial charge in [0, 0.05) is 6.04 Å². The van der Waals surface area contributed by atoms with Crippen molar-refractivity contribution >= 4 is 5.91 Å². The predicted molar refractivity (Wildman–Crippen MR) is 49.7 cm³/mol. The van der Waals surface area contributed by atoms with Crippen molar-refractivity contribution in [3.63, 3.8) is 0 Å². The molecule has 72 valence electrons. The van der Waals surface area contributed by atoms with Gasteiger partial charge >= 0.3 is 0 Å². The lowest BCUT2D eigenvalue weighted by molar-refractivity contribution is -0.125. The topological polar surface area (TPSA) is 52.9 Å². The molecular formula is C10H16N2O. The molecule has 3 nitrogen and oxygen atoms in total. The number of hydrogen-bond donors (Lipinski definition) is 1. The van der Waals surface area contributed by atoms with E-state index in [9.17, 15) is 4.79 Å². The Morgan fingerprint density at radius 3 is 2.54 bits per heavy atom. The fourth-order valence-electron chi connectivity index (χ4n) is 1.76. The summed E-state index contributed by atoms with van der Waals surface area (Å²) in [5, 5.41) is 11.4. The highest BCUT2D eigenvalue weighted by Crippen LogP contribution is 2.39. The second-order valence-corrected chi connectivity index (χ2v) is 4.63. The standard InChI is InChI=1S/C10H16N2O/c1-7(6-11)9(13)12-8-4-10(2,3)5-8/h7-8H,4-5H2,1-3H3,(H,12,13). The Morgan fingerprint density at radius 1 is 1.62 bits per heavy atom. The second kappa shape index (κ2) is 3.37. The minimum absolute atomic E-state index is 0.136. The van der Waals surface area contributed by atoms with Crippen molar-refractivity contribution in [1.29, 1.82) is 5.26 Å². The molecule has 0 aromatic rings. The fourth-order valence-corrected chi connectivity index (χ4v) is 1.76. The third-order valence-electron chi connectivity index (χ3n) is 2.53. The van der Waals surface area contributed by atoms with Gasteiger partial charge in [-0.15, -0.1) is 0 Å². The minimum atomic E-state index is -0.524. The molecule has 1 atom stereocenters. The molecule has 0 aliphatic heterocycles. The largest absolute Gasteiger partial charge is 0.352 e. The Bertz CT molecular complexity index is 244. The molecule has 0 heterocycles. The first-order valence-electron chi connectivity index (χ1n) is 4.64. The van der Waals surface area contributed by atoms with Crippen molar-refractivity contribution in [3.05, 3.63) is 0 Å². The number of carbonyl (C=O) groups excluding carboxylic acids is 1. The van der Waals surface area contributed by atoms with Crippen LogP contribution in [0.2, 0.25) is 0 Å². The summed E-state index contributed by atoms with van der Waals surface area (Å²) in [5.41, 5.74) is 0.369. The Balaban J connectivity index is 2.29. The normalized spacial score (nSPS) is 22.6. The van der Waals surface area contributed by atoms with Crippen LogP contribution in [0, 0.1) is 22.7 Å². The van der Waals surface area contributed by atoms with E-state index in [1.165, 1.54) is 0 Å². The fraction of sp³-hybridized carbons (Fsp3) is 0.800. The third-order valence-corrected chi connectivity index (χ3v) is 2.53. The molecule has 1 fully saturated rings. The molecule has 3 heteroatoms. The molecule has 1 N–H and O–H groups in total. The number of nitrogens with one attached hydrogen (secondary N) is 1. The summed E-state index contributed by atoms with van der Waals surface area (Å²) in [6.07, 6.45) is 2.05. The molecule has 0 aromatic carbocycles. The Kier molecular flexibility index (Phi) is 2.60. The lowest BCUT2D eigenvalue weighted by Gasteiger charge is -2.42. The quantitative estimate of drug-likeness (QED) is 0.699. The van der Waals surface area contributed by atoms with Gasteiger partial charge in [-0.1, -0.05) is 13.8 Å². The van der Waals surface area contributed by atoms with Crippen LogP contribution in [-0.2, 0) is 4.79 Å². The molecule has 0 bridgehead atoms. The van der Waals surface area contributed by atoms with Crippen molar-refractivity contribution in [1.82, 2.24) is 5.32 Å². The summed E-state index contributed by atoms with van der Waals surface area (Å²) < 4.78 is 0. The van der Waals surface area contributed by atoms with Crippen LogP contribution in [0.4, 0.5) is 0 Å². The first-order chi connectivity index (χ1) is 5.94. The van der Waals surface area contributed by atoms with Gasteiger partial charge in [-0.2, -0.15) is 5.26 Å². The minimum Gasteiger partial charge on any atom is -0.352 e. The van der Waals surface area contributed by atoms with E-state index in [0.29, 0.717) is 11.5 Å². The van der Waals surface area contributed by atoms with E-state index in [1.807, 2.05) is 6.07 Å². The number of hydrogen-bond acceptors (Lipinski definition) is 2. The average Bonchev–Trinajstić information content (AvgIpc) is 1.99. The highest BCUT2D eigenvalue weighted by molar-refractivity contribution is 5.80. The average molecular weight is 180 g/mol. The molecule has 0 spiro atoms. The van der Waals surface area contributed by atoms with Crippen LogP contribution in [0.25, 0.3) is 0 Å². The number of amides is 1.